The second kappa shape index (κ2) is 19.7. The summed E-state index contributed by atoms with van der Waals surface area (Å²) in [5.41, 5.74) is 11.3. The van der Waals surface area contributed by atoms with Crippen LogP contribution in [0.3, 0.4) is 0 Å². The molecule has 11 rings (SSSR count). The molecule has 9 heteroatoms. The molecule has 1 aliphatic carbocycles. The van der Waals surface area contributed by atoms with Crippen LogP contribution in [-0.4, -0.2) is 42.0 Å². The van der Waals surface area contributed by atoms with Gasteiger partial charge in [-0.1, -0.05) is 110 Å². The van der Waals surface area contributed by atoms with Crippen LogP contribution in [0.1, 0.15) is 36.8 Å². The number of aromatic hydroxyl groups is 4. The fourth-order valence-electron chi connectivity index (χ4n) is 10.5. The SMILES string of the molecule is Cc1cc(-c2ccccc2[OH+]C[C@@H]2CCCC[C@H]2C[OH+]c2ccccc2-c2cc(C)cc(-n3c4ccccc4c4ccccc43)c2O)c(O)c(-n2c3ccccc3c3ccccc32)c1.[Cl][Zr][Cl]. The van der Waals surface area contributed by atoms with Crippen molar-refractivity contribution in [2.45, 2.75) is 39.5 Å². The van der Waals surface area contributed by atoms with E-state index in [1.54, 1.807) is 0 Å². The Morgan fingerprint density at radius 3 is 1.13 bits per heavy atom. The quantitative estimate of drug-likeness (QED) is 0.134. The standard InChI is InChI=1S/C58H50N2O4.2ClH.Zr/c1-37-31-47(57(61)53(33-37)59-49-25-11-5-19-41(49)42-20-6-12-26-50(42)59)45-23-9-15-29-55(45)63-35-39-17-3-4-18-40(39)36-64-56-30-16-10-24-46(56)48-32-38(2)34-54(58(48)62)60-51-27-13-7-21-43(51)44-22-8-14-28-52(44)60;;;/h5-16,19-34,39-40,61-62H,3-4,17-18,35-36H2,1-2H3;2*1H;/q;;;+2/t39-,40-;;;/m0.../s1. The van der Waals surface area contributed by atoms with Crippen molar-refractivity contribution in [1.82, 2.24) is 9.13 Å². The summed E-state index contributed by atoms with van der Waals surface area (Å²) in [6.07, 6.45) is 4.56. The van der Waals surface area contributed by atoms with E-state index in [9.17, 15) is 10.2 Å². The summed E-state index contributed by atoms with van der Waals surface area (Å²) < 4.78 is 15.1. The zero-order valence-electron chi connectivity index (χ0n) is 37.5. The molecule has 4 N–H and O–H groups in total. The van der Waals surface area contributed by atoms with Gasteiger partial charge in [0.25, 0.3) is 11.5 Å². The fourth-order valence-corrected chi connectivity index (χ4v) is 10.5. The molecular weight excluding hydrogens is 951 g/mol. The molecule has 0 radical (unpaired) electrons. The number of aromatic nitrogens is 2. The van der Waals surface area contributed by atoms with E-state index in [2.05, 4.69) is 169 Å². The van der Waals surface area contributed by atoms with Gasteiger partial charge in [-0.3, -0.25) is 0 Å². The summed E-state index contributed by atoms with van der Waals surface area (Å²) in [7, 11) is 9.87. The number of fused-ring (bicyclic) bond motifs is 6. The van der Waals surface area contributed by atoms with Crippen molar-refractivity contribution in [3.63, 3.8) is 0 Å². The van der Waals surface area contributed by atoms with Gasteiger partial charge in [0.1, 0.15) is 11.5 Å². The third-order valence-electron chi connectivity index (χ3n) is 13.6. The first-order valence-electron chi connectivity index (χ1n) is 23.0. The Morgan fingerprint density at radius 1 is 0.463 bits per heavy atom. The van der Waals surface area contributed by atoms with Gasteiger partial charge < -0.3 is 28.8 Å². The van der Waals surface area contributed by atoms with Crippen LogP contribution in [0, 0.1) is 25.7 Å². The van der Waals surface area contributed by atoms with Crippen LogP contribution >= 0.6 is 17.0 Å². The van der Waals surface area contributed by atoms with Gasteiger partial charge in [0.05, 0.1) is 44.6 Å². The molecule has 1 saturated carbocycles. The molecule has 2 atom stereocenters. The molecule has 8 aromatic carbocycles. The van der Waals surface area contributed by atoms with Crippen LogP contribution in [0.15, 0.2) is 170 Å². The Balaban J connectivity index is 0.00000171. The van der Waals surface area contributed by atoms with Crippen molar-refractivity contribution in [3.8, 4) is 56.6 Å². The average molecular weight is 1000 g/mol. The normalized spacial score (nSPS) is 14.9. The maximum absolute atomic E-state index is 12.2. The van der Waals surface area contributed by atoms with Gasteiger partial charge in [-0.05, 0) is 98.5 Å². The Labute approximate surface area is 409 Å². The van der Waals surface area contributed by atoms with E-state index in [4.69, 9.17) is 26.5 Å². The van der Waals surface area contributed by atoms with Crippen molar-refractivity contribution in [2.75, 3.05) is 13.2 Å². The van der Waals surface area contributed by atoms with Crippen molar-refractivity contribution in [2.24, 2.45) is 11.8 Å². The molecule has 0 amide bonds. The van der Waals surface area contributed by atoms with E-state index in [1.165, 1.54) is 12.8 Å². The number of phenolic OH excluding ortho intramolecular Hbond substituents is 2. The third-order valence-corrected chi connectivity index (χ3v) is 13.6. The number of aliphatic hydroxyl groups is 2. The Kier molecular flexibility index (Phi) is 13.2. The third kappa shape index (κ3) is 8.63. The Bertz CT molecular complexity index is 3080. The van der Waals surface area contributed by atoms with E-state index < -0.39 is 20.8 Å². The minimum absolute atomic E-state index is 0.245. The van der Waals surface area contributed by atoms with E-state index in [1.807, 2.05) is 24.3 Å². The van der Waals surface area contributed by atoms with E-state index in [0.717, 1.165) is 113 Å². The summed E-state index contributed by atoms with van der Waals surface area (Å²) in [4.78, 5) is 0. The summed E-state index contributed by atoms with van der Waals surface area (Å²) in [6, 6.07) is 58.4. The number of ether oxygens (including phenoxy) is 2. The predicted octanol–water partition coefficient (Wildman–Crippen LogP) is 15.6. The number of hydrogen-bond acceptors (Lipinski definition) is 2. The zero-order chi connectivity index (χ0) is 46.0. The van der Waals surface area contributed by atoms with Crippen molar-refractivity contribution < 1.29 is 40.5 Å². The minimum atomic E-state index is -0.826. The van der Waals surface area contributed by atoms with Crippen LogP contribution in [0.4, 0.5) is 0 Å². The van der Waals surface area contributed by atoms with Gasteiger partial charge in [-0.15, -0.1) is 0 Å². The van der Waals surface area contributed by atoms with E-state index in [0.29, 0.717) is 25.0 Å². The second-order valence-corrected chi connectivity index (χ2v) is 21.4. The number of rotatable bonds is 10. The first-order valence-corrected chi connectivity index (χ1v) is 29.3. The first kappa shape index (κ1) is 44.8. The fraction of sp³-hybridized carbons (Fsp3) is 0.172. The molecule has 67 heavy (non-hydrogen) atoms. The van der Waals surface area contributed by atoms with Gasteiger partial charge in [0.2, 0.25) is 0 Å². The predicted molar refractivity (Wildman–Crippen MR) is 275 cm³/mol. The van der Waals surface area contributed by atoms with Crippen molar-refractivity contribution in [1.29, 1.82) is 0 Å². The van der Waals surface area contributed by atoms with Crippen LogP contribution in [-0.2, 0) is 20.8 Å². The van der Waals surface area contributed by atoms with Crippen LogP contribution in [0.2, 0.25) is 0 Å². The van der Waals surface area contributed by atoms with Gasteiger partial charge >= 0.3 is 37.9 Å². The number of halogens is 2. The van der Waals surface area contributed by atoms with Crippen LogP contribution in [0.25, 0.3) is 77.2 Å². The van der Waals surface area contributed by atoms with Gasteiger partial charge in [-0.2, -0.15) is 0 Å². The average Bonchev–Trinajstić information content (AvgIpc) is 3.87. The summed E-state index contributed by atoms with van der Waals surface area (Å²) >= 11 is -0.826. The molecule has 0 spiro atoms. The number of benzene rings is 8. The summed E-state index contributed by atoms with van der Waals surface area (Å²) in [5, 5.41) is 29.1. The molecule has 6 nitrogen and oxygen atoms in total. The zero-order valence-corrected chi connectivity index (χ0v) is 41.5. The molecule has 0 saturated heterocycles. The molecule has 0 unspecified atom stereocenters. The van der Waals surface area contributed by atoms with Crippen molar-refractivity contribution >= 4 is 60.6 Å². The number of phenols is 2. The molecule has 2 aromatic heterocycles. The van der Waals surface area contributed by atoms with Gasteiger partial charge in [-0.25, -0.2) is 0 Å². The molecule has 334 valence electrons. The van der Waals surface area contributed by atoms with Crippen LogP contribution in [0.5, 0.6) is 23.0 Å². The summed E-state index contributed by atoms with van der Waals surface area (Å²) in [5.74, 6) is 3.00. The Hall–Kier alpha value is -5.98. The number of nitrogens with zero attached hydrogens (tertiary/aromatic N) is 2. The molecule has 1 fully saturated rings. The molecule has 2 heterocycles. The van der Waals surface area contributed by atoms with Crippen molar-refractivity contribution in [3.05, 3.63) is 181 Å². The van der Waals surface area contributed by atoms with E-state index in [-0.39, 0.29) is 11.5 Å². The molecule has 1 aliphatic rings. The van der Waals surface area contributed by atoms with Gasteiger partial charge in [0, 0.05) is 56.6 Å². The second-order valence-electron chi connectivity index (χ2n) is 17.7. The first-order chi connectivity index (χ1) is 32.8. The molecule has 0 aliphatic heterocycles. The van der Waals surface area contributed by atoms with E-state index >= 15 is 0 Å². The molecule has 0 bridgehead atoms. The molecular formula is C58H52Cl2N2O4Zr+2. The maximum atomic E-state index is 12.2. The number of para-hydroxylation sites is 6. The summed E-state index contributed by atoms with van der Waals surface area (Å²) in [6.45, 7) is 5.57. The number of aryl methyl sites for hydroxylation is 2. The molecule has 10 aromatic rings. The topological polar surface area (TPSA) is 75.9 Å². The van der Waals surface area contributed by atoms with Crippen LogP contribution < -0.4 is 0 Å². The Morgan fingerprint density at radius 2 is 0.776 bits per heavy atom. The monoisotopic (exact) mass is 1000 g/mol. The van der Waals surface area contributed by atoms with Gasteiger partial charge in [0.15, 0.2) is 13.2 Å². The number of hydrogen-bond donors (Lipinski definition) is 2.